The summed E-state index contributed by atoms with van der Waals surface area (Å²) in [5.41, 5.74) is 7.26. The van der Waals surface area contributed by atoms with Gasteiger partial charge in [-0.3, -0.25) is 4.99 Å². The summed E-state index contributed by atoms with van der Waals surface area (Å²) in [5.74, 6) is 0.812. The summed E-state index contributed by atoms with van der Waals surface area (Å²) < 4.78 is 2.47. The van der Waals surface area contributed by atoms with E-state index in [1.54, 1.807) is 0 Å². The maximum Gasteiger partial charge on any atom is 0.170 e. The predicted molar refractivity (Wildman–Crippen MR) is 102 cm³/mol. The molecule has 1 aliphatic rings. The highest BCUT2D eigenvalue weighted by Crippen LogP contribution is 2.23. The lowest BCUT2D eigenvalue weighted by atomic mass is 10.1. The topological polar surface area (TPSA) is 80.0 Å². The van der Waals surface area contributed by atoms with E-state index in [0.717, 1.165) is 22.9 Å². The summed E-state index contributed by atoms with van der Waals surface area (Å²) in [7, 11) is 0. The van der Waals surface area contributed by atoms with Crippen molar-refractivity contribution in [1.82, 2.24) is 9.78 Å². The van der Waals surface area contributed by atoms with Gasteiger partial charge in [0.05, 0.1) is 17.1 Å². The molecule has 0 radical (unpaired) electrons. The van der Waals surface area contributed by atoms with Gasteiger partial charge in [0.25, 0.3) is 0 Å². The van der Waals surface area contributed by atoms with Gasteiger partial charge >= 0.3 is 0 Å². The zero-order valence-corrected chi connectivity index (χ0v) is 15.3. The zero-order valence-electron chi connectivity index (χ0n) is 12.9. The summed E-state index contributed by atoms with van der Waals surface area (Å²) in [6.45, 7) is 0. The van der Waals surface area contributed by atoms with Crippen LogP contribution in [0, 0.1) is 11.3 Å². The van der Waals surface area contributed by atoms with E-state index < -0.39 is 0 Å². The molecule has 1 saturated carbocycles. The average Bonchev–Trinajstić information content (AvgIpc) is 3.22. The Labute approximate surface area is 154 Å². The van der Waals surface area contributed by atoms with E-state index in [4.69, 9.17) is 28.2 Å². The summed E-state index contributed by atoms with van der Waals surface area (Å²) in [6.07, 6.45) is 5.87. The molecular weight excluding hydrogens is 386 g/mol. The average molecular weight is 402 g/mol. The van der Waals surface area contributed by atoms with E-state index in [1.165, 1.54) is 23.7 Å². The van der Waals surface area contributed by atoms with Gasteiger partial charge < -0.3 is 5.73 Å². The van der Waals surface area contributed by atoms with E-state index in [0.29, 0.717) is 16.3 Å². The van der Waals surface area contributed by atoms with Crippen LogP contribution in [0.25, 0.3) is 0 Å². The molecular formula is C17H16BrN5S. The fourth-order valence-electron chi connectivity index (χ4n) is 2.76. The van der Waals surface area contributed by atoms with Crippen molar-refractivity contribution >= 4 is 44.7 Å². The van der Waals surface area contributed by atoms with Crippen molar-refractivity contribution in [2.75, 3.05) is 5.73 Å². The lowest BCUT2D eigenvalue weighted by Gasteiger charge is -2.13. The third-order valence-electron chi connectivity index (χ3n) is 4.07. The van der Waals surface area contributed by atoms with Gasteiger partial charge in [-0.25, -0.2) is 0 Å². The molecule has 2 N–H and O–H groups in total. The second kappa shape index (κ2) is 7.24. The molecule has 0 aliphatic heterocycles. The molecule has 1 heterocycles. The number of aliphatic imine (C=N–C) groups is 1. The Morgan fingerprint density at radius 1 is 1.33 bits per heavy atom. The van der Waals surface area contributed by atoms with Crippen LogP contribution in [-0.4, -0.2) is 26.5 Å². The van der Waals surface area contributed by atoms with E-state index in [2.05, 4.69) is 21.0 Å². The van der Waals surface area contributed by atoms with Crippen LogP contribution in [0.5, 0.6) is 0 Å². The largest absolute Gasteiger partial charge is 0.382 e. The van der Waals surface area contributed by atoms with Gasteiger partial charge in [0.15, 0.2) is 5.84 Å². The van der Waals surface area contributed by atoms with Crippen LogP contribution in [0.4, 0.5) is 5.82 Å². The number of thiocarbonyl (C=S) groups is 1. The number of anilines is 1. The van der Waals surface area contributed by atoms with Gasteiger partial charge in [-0.05, 0) is 30.5 Å². The van der Waals surface area contributed by atoms with Crippen LogP contribution in [0.2, 0.25) is 0 Å². The van der Waals surface area contributed by atoms with Gasteiger partial charge in [-0.2, -0.15) is 15.0 Å². The minimum atomic E-state index is 0.225. The minimum Gasteiger partial charge on any atom is -0.382 e. The second-order valence-corrected chi connectivity index (χ2v) is 7.02. The molecule has 0 saturated heterocycles. The first-order valence-electron chi connectivity index (χ1n) is 7.72. The molecule has 1 aromatic heterocycles. The molecule has 1 fully saturated rings. The van der Waals surface area contributed by atoms with Crippen LogP contribution in [0.3, 0.4) is 0 Å². The molecule has 5 nitrogen and oxygen atoms in total. The van der Waals surface area contributed by atoms with Crippen molar-refractivity contribution in [3.05, 3.63) is 46.1 Å². The highest BCUT2D eigenvalue weighted by Gasteiger charge is 2.21. The van der Waals surface area contributed by atoms with Crippen molar-refractivity contribution < 1.29 is 0 Å². The van der Waals surface area contributed by atoms with Gasteiger partial charge in [-0.1, -0.05) is 53.1 Å². The number of hydrogen-bond acceptors (Lipinski definition) is 5. The van der Waals surface area contributed by atoms with Gasteiger partial charge in [0, 0.05) is 4.47 Å². The van der Waals surface area contributed by atoms with Crippen LogP contribution in [-0.2, 0) is 0 Å². The van der Waals surface area contributed by atoms with Gasteiger partial charge in [-0.15, -0.1) is 0 Å². The standard InChI is InChI=1S/C17H16BrN5S/c18-13-7-5-11(6-8-13)15(24)17(22-14-3-1-2-4-14)23-16(20)12(9-19)10-21-23/h5-8,10,14H,1-4,20H2. The summed E-state index contributed by atoms with van der Waals surface area (Å²) in [5, 5.41) is 13.4. The first kappa shape index (κ1) is 16.8. The SMILES string of the molecule is N#Cc1cnn(C(=NC2CCCC2)C(=S)c2ccc(Br)cc2)c1N. The second-order valence-electron chi connectivity index (χ2n) is 5.69. The molecule has 24 heavy (non-hydrogen) atoms. The Morgan fingerprint density at radius 2 is 2.00 bits per heavy atom. The lowest BCUT2D eigenvalue weighted by molar-refractivity contribution is 0.701. The summed E-state index contributed by atoms with van der Waals surface area (Å²) in [4.78, 5) is 5.41. The van der Waals surface area contributed by atoms with E-state index >= 15 is 0 Å². The lowest BCUT2D eigenvalue weighted by Crippen LogP contribution is -2.26. The minimum absolute atomic E-state index is 0.225. The number of nitrogen functional groups attached to an aromatic ring is 1. The van der Waals surface area contributed by atoms with Gasteiger partial charge in [0.1, 0.15) is 17.5 Å². The molecule has 7 heteroatoms. The first-order chi connectivity index (χ1) is 11.6. The predicted octanol–water partition coefficient (Wildman–Crippen LogP) is 3.71. The molecule has 0 bridgehead atoms. The Morgan fingerprint density at radius 3 is 2.58 bits per heavy atom. The van der Waals surface area contributed by atoms with Crippen molar-refractivity contribution in [2.24, 2.45) is 4.99 Å². The number of benzene rings is 1. The van der Waals surface area contributed by atoms with E-state index in [1.807, 2.05) is 30.3 Å². The van der Waals surface area contributed by atoms with Crippen molar-refractivity contribution in [2.45, 2.75) is 31.7 Å². The Kier molecular flexibility index (Phi) is 5.07. The molecule has 2 aromatic rings. The van der Waals surface area contributed by atoms with Crippen LogP contribution < -0.4 is 5.73 Å². The normalized spacial score (nSPS) is 15.4. The molecule has 1 aromatic carbocycles. The Bertz CT molecular complexity index is 826. The smallest absolute Gasteiger partial charge is 0.170 e. The third kappa shape index (κ3) is 3.40. The maximum atomic E-state index is 9.12. The highest BCUT2D eigenvalue weighted by atomic mass is 79.9. The van der Waals surface area contributed by atoms with Crippen molar-refractivity contribution in [3.8, 4) is 6.07 Å². The van der Waals surface area contributed by atoms with E-state index in [9.17, 15) is 0 Å². The fraction of sp³-hybridized carbons (Fsp3) is 0.294. The van der Waals surface area contributed by atoms with Crippen molar-refractivity contribution in [3.63, 3.8) is 0 Å². The van der Waals surface area contributed by atoms with Crippen LogP contribution in [0.1, 0.15) is 36.8 Å². The number of rotatable bonds is 3. The van der Waals surface area contributed by atoms with Crippen LogP contribution in [0.15, 0.2) is 39.9 Å². The van der Waals surface area contributed by atoms with E-state index in [-0.39, 0.29) is 11.9 Å². The molecule has 0 atom stereocenters. The summed E-state index contributed by atoms with van der Waals surface area (Å²) >= 11 is 9.09. The van der Waals surface area contributed by atoms with Crippen LogP contribution >= 0.6 is 28.1 Å². The molecule has 122 valence electrons. The number of hydrogen-bond donors (Lipinski definition) is 1. The Balaban J connectivity index is 2.04. The summed E-state index contributed by atoms with van der Waals surface area (Å²) in [6, 6.07) is 9.99. The monoisotopic (exact) mass is 401 g/mol. The zero-order chi connectivity index (χ0) is 17.1. The molecule has 1 aliphatic carbocycles. The van der Waals surface area contributed by atoms with Crippen molar-refractivity contribution in [1.29, 1.82) is 5.26 Å². The fourth-order valence-corrected chi connectivity index (χ4v) is 3.30. The molecule has 3 rings (SSSR count). The maximum absolute atomic E-state index is 9.12. The number of aromatic nitrogens is 2. The molecule has 0 amide bonds. The third-order valence-corrected chi connectivity index (χ3v) is 5.01. The molecule has 0 spiro atoms. The Hall–Kier alpha value is -2.04. The first-order valence-corrected chi connectivity index (χ1v) is 8.92. The number of nitrogens with zero attached hydrogens (tertiary/aromatic N) is 4. The number of halogens is 1. The quantitative estimate of drug-likeness (QED) is 0.367. The highest BCUT2D eigenvalue weighted by molar-refractivity contribution is 9.10. The molecule has 0 unspecified atom stereocenters. The number of nitriles is 1. The number of nitrogens with two attached hydrogens (primary N) is 1. The van der Waals surface area contributed by atoms with Gasteiger partial charge in [0.2, 0.25) is 0 Å².